The van der Waals surface area contributed by atoms with Crippen molar-refractivity contribution in [3.8, 4) is 6.07 Å². The Hall–Kier alpha value is -1.34. The van der Waals surface area contributed by atoms with Gasteiger partial charge >= 0.3 is 0 Å². The molecule has 0 saturated carbocycles. The molecule has 0 bridgehead atoms. The Bertz CT molecular complexity index is 303. The summed E-state index contributed by atoms with van der Waals surface area (Å²) in [7, 11) is 1.47. The third kappa shape index (κ3) is 1.94. The molecular weight excluding hydrogens is 182 g/mol. The molecule has 1 rings (SSSR count). The minimum absolute atomic E-state index is 0.0117. The van der Waals surface area contributed by atoms with Gasteiger partial charge in [-0.15, -0.1) is 0 Å². The second kappa shape index (κ2) is 4.25. The van der Waals surface area contributed by atoms with Crippen LogP contribution in [-0.2, 0) is 14.3 Å². The zero-order valence-electron chi connectivity index (χ0n) is 8.48. The van der Waals surface area contributed by atoms with E-state index in [4.69, 9.17) is 14.7 Å². The highest BCUT2D eigenvalue weighted by atomic mass is 16.7. The number of ether oxygens (including phenoxy) is 2. The summed E-state index contributed by atoms with van der Waals surface area (Å²) in [6.45, 7) is 3.37. The summed E-state index contributed by atoms with van der Waals surface area (Å²) in [4.78, 5) is 11.3. The topological polar surface area (TPSA) is 59.3 Å². The first-order chi connectivity index (χ1) is 6.60. The summed E-state index contributed by atoms with van der Waals surface area (Å²) < 4.78 is 10.2. The number of hydrogen-bond acceptors (Lipinski definition) is 4. The van der Waals surface area contributed by atoms with Crippen molar-refractivity contribution < 1.29 is 14.3 Å². The standard InChI is InChI=1S/C10H13NO3/c1-6-4-8(5-11)14-10(13-3)9(6)7(2)12/h4,6,9-10H,1-3H3/t6-,9+,10+/m0/s1. The van der Waals surface area contributed by atoms with Crippen LogP contribution in [-0.4, -0.2) is 19.2 Å². The van der Waals surface area contributed by atoms with Gasteiger partial charge in [0.1, 0.15) is 11.9 Å². The van der Waals surface area contributed by atoms with Gasteiger partial charge in [0.25, 0.3) is 0 Å². The molecule has 0 aromatic carbocycles. The highest BCUT2D eigenvalue weighted by Gasteiger charge is 2.35. The Morgan fingerprint density at radius 1 is 1.71 bits per heavy atom. The largest absolute Gasteiger partial charge is 0.454 e. The van der Waals surface area contributed by atoms with Gasteiger partial charge < -0.3 is 9.47 Å². The molecule has 0 N–H and O–H groups in total. The van der Waals surface area contributed by atoms with Crippen LogP contribution in [0, 0.1) is 23.2 Å². The Morgan fingerprint density at radius 2 is 2.36 bits per heavy atom. The number of methoxy groups -OCH3 is 1. The number of carbonyl (C=O) groups is 1. The van der Waals surface area contributed by atoms with Crippen LogP contribution in [0.3, 0.4) is 0 Å². The van der Waals surface area contributed by atoms with Crippen molar-refractivity contribution >= 4 is 5.78 Å². The molecule has 3 atom stereocenters. The molecule has 4 nitrogen and oxygen atoms in total. The molecule has 0 aromatic heterocycles. The fourth-order valence-electron chi connectivity index (χ4n) is 1.65. The number of hydrogen-bond donors (Lipinski definition) is 0. The number of rotatable bonds is 2. The number of ketones is 1. The third-order valence-electron chi connectivity index (χ3n) is 2.33. The lowest BCUT2D eigenvalue weighted by molar-refractivity contribution is -0.160. The summed E-state index contributed by atoms with van der Waals surface area (Å²) in [5, 5.41) is 8.66. The van der Waals surface area contributed by atoms with Gasteiger partial charge in [-0.3, -0.25) is 4.79 Å². The average molecular weight is 195 g/mol. The van der Waals surface area contributed by atoms with Gasteiger partial charge in [0.15, 0.2) is 5.76 Å². The van der Waals surface area contributed by atoms with E-state index in [0.29, 0.717) is 0 Å². The maximum atomic E-state index is 11.3. The van der Waals surface area contributed by atoms with Crippen LogP contribution in [0.15, 0.2) is 11.8 Å². The molecule has 0 aromatic rings. The molecule has 0 unspecified atom stereocenters. The molecule has 0 fully saturated rings. The first-order valence-corrected chi connectivity index (χ1v) is 4.42. The molecule has 0 amide bonds. The molecular formula is C10H13NO3. The third-order valence-corrected chi connectivity index (χ3v) is 2.33. The SMILES string of the molecule is CO[C@@H]1OC(C#N)=C[C@H](C)[C@@H]1C(C)=O. The van der Waals surface area contributed by atoms with E-state index in [1.54, 1.807) is 6.08 Å². The number of nitriles is 1. The van der Waals surface area contributed by atoms with Crippen LogP contribution in [0.1, 0.15) is 13.8 Å². The van der Waals surface area contributed by atoms with Crippen molar-refractivity contribution in [1.29, 1.82) is 5.26 Å². The van der Waals surface area contributed by atoms with E-state index in [2.05, 4.69) is 0 Å². The number of allylic oxidation sites excluding steroid dienone is 2. The Balaban J connectivity index is 2.93. The second-order valence-corrected chi connectivity index (χ2v) is 3.36. The van der Waals surface area contributed by atoms with Crippen LogP contribution in [0.25, 0.3) is 0 Å². The van der Waals surface area contributed by atoms with Crippen LogP contribution in [0.4, 0.5) is 0 Å². The molecule has 4 heteroatoms. The Labute approximate surface area is 83.1 Å². The van der Waals surface area contributed by atoms with Gasteiger partial charge in [0.2, 0.25) is 6.29 Å². The summed E-state index contributed by atoms with van der Waals surface area (Å²) in [5.74, 6) is -0.114. The quantitative estimate of drug-likeness (QED) is 0.665. The zero-order chi connectivity index (χ0) is 10.7. The van der Waals surface area contributed by atoms with E-state index in [0.717, 1.165) is 0 Å². The van der Waals surface area contributed by atoms with Crippen molar-refractivity contribution in [2.24, 2.45) is 11.8 Å². The molecule has 76 valence electrons. The Morgan fingerprint density at radius 3 is 2.79 bits per heavy atom. The molecule has 1 heterocycles. The number of carbonyl (C=O) groups excluding carboxylic acids is 1. The van der Waals surface area contributed by atoms with Gasteiger partial charge in [-0.1, -0.05) is 6.92 Å². The van der Waals surface area contributed by atoms with E-state index in [-0.39, 0.29) is 23.4 Å². The lowest BCUT2D eigenvalue weighted by Gasteiger charge is -2.31. The summed E-state index contributed by atoms with van der Waals surface area (Å²) in [6, 6.07) is 1.91. The van der Waals surface area contributed by atoms with Crippen LogP contribution >= 0.6 is 0 Å². The average Bonchev–Trinajstić information content (AvgIpc) is 2.15. The fraction of sp³-hybridized carbons (Fsp3) is 0.600. The van der Waals surface area contributed by atoms with E-state index in [1.807, 2.05) is 13.0 Å². The minimum Gasteiger partial charge on any atom is -0.454 e. The zero-order valence-corrected chi connectivity index (χ0v) is 8.48. The first kappa shape index (κ1) is 10.7. The highest BCUT2D eigenvalue weighted by Crippen LogP contribution is 2.28. The Kier molecular flexibility index (Phi) is 3.26. The molecule has 0 radical (unpaired) electrons. The maximum Gasteiger partial charge on any atom is 0.210 e. The molecule has 14 heavy (non-hydrogen) atoms. The second-order valence-electron chi connectivity index (χ2n) is 3.36. The molecule has 0 saturated heterocycles. The van der Waals surface area contributed by atoms with Crippen LogP contribution in [0.2, 0.25) is 0 Å². The van der Waals surface area contributed by atoms with Crippen LogP contribution in [0.5, 0.6) is 0 Å². The predicted octanol–water partition coefficient (Wildman–Crippen LogP) is 1.24. The van der Waals surface area contributed by atoms with Gasteiger partial charge in [0.05, 0.1) is 5.92 Å². The van der Waals surface area contributed by atoms with E-state index in [9.17, 15) is 4.79 Å². The molecule has 1 aliphatic rings. The smallest absolute Gasteiger partial charge is 0.210 e. The summed E-state index contributed by atoms with van der Waals surface area (Å²) >= 11 is 0. The highest BCUT2D eigenvalue weighted by molar-refractivity contribution is 5.79. The van der Waals surface area contributed by atoms with E-state index < -0.39 is 6.29 Å². The maximum absolute atomic E-state index is 11.3. The normalized spacial score (nSPS) is 31.3. The first-order valence-electron chi connectivity index (χ1n) is 4.42. The van der Waals surface area contributed by atoms with Gasteiger partial charge in [-0.25, -0.2) is 0 Å². The molecule has 1 aliphatic heterocycles. The van der Waals surface area contributed by atoms with Gasteiger partial charge in [0, 0.05) is 7.11 Å². The van der Waals surface area contributed by atoms with Gasteiger partial charge in [-0.2, -0.15) is 5.26 Å². The number of nitrogens with zero attached hydrogens (tertiary/aromatic N) is 1. The summed E-state index contributed by atoms with van der Waals surface area (Å²) in [5.41, 5.74) is 0. The fourth-order valence-corrected chi connectivity index (χ4v) is 1.65. The minimum atomic E-state index is -0.637. The van der Waals surface area contributed by atoms with Crippen molar-refractivity contribution in [3.05, 3.63) is 11.8 Å². The predicted molar refractivity (Wildman–Crippen MR) is 48.9 cm³/mol. The van der Waals surface area contributed by atoms with Crippen LogP contribution < -0.4 is 0 Å². The lowest BCUT2D eigenvalue weighted by Crippen LogP contribution is -2.37. The summed E-state index contributed by atoms with van der Waals surface area (Å²) in [6.07, 6.45) is 1.02. The van der Waals surface area contributed by atoms with E-state index >= 15 is 0 Å². The number of Topliss-reactive ketones (excluding diaryl/α,β-unsaturated/α-hetero) is 1. The van der Waals surface area contributed by atoms with Crippen molar-refractivity contribution in [2.45, 2.75) is 20.1 Å². The van der Waals surface area contributed by atoms with Crippen molar-refractivity contribution in [3.63, 3.8) is 0 Å². The van der Waals surface area contributed by atoms with Crippen molar-refractivity contribution in [2.75, 3.05) is 7.11 Å². The van der Waals surface area contributed by atoms with Crippen molar-refractivity contribution in [1.82, 2.24) is 0 Å². The van der Waals surface area contributed by atoms with E-state index in [1.165, 1.54) is 14.0 Å². The molecule has 0 aliphatic carbocycles. The lowest BCUT2D eigenvalue weighted by atomic mass is 9.88. The van der Waals surface area contributed by atoms with Gasteiger partial charge in [-0.05, 0) is 18.9 Å². The molecule has 0 spiro atoms. The monoisotopic (exact) mass is 195 g/mol.